The molecule has 0 aliphatic carbocycles. The van der Waals surface area contributed by atoms with E-state index in [1.165, 1.54) is 7.11 Å². The average molecular weight is 431 g/mol. The number of fused-ring (bicyclic) bond motifs is 1. The van der Waals surface area contributed by atoms with Crippen LogP contribution in [0.2, 0.25) is 0 Å². The van der Waals surface area contributed by atoms with Gasteiger partial charge in [0.2, 0.25) is 5.91 Å². The molecule has 0 spiro atoms. The molecule has 4 rings (SSSR count). The lowest BCUT2D eigenvalue weighted by Gasteiger charge is -2.27. The average Bonchev–Trinajstić information content (AvgIpc) is 3.20. The number of nitrogens with one attached hydrogen (secondary N) is 1. The van der Waals surface area contributed by atoms with Gasteiger partial charge in [0, 0.05) is 4.47 Å². The molecule has 2 aromatic carbocycles. The van der Waals surface area contributed by atoms with Crippen LogP contribution in [-0.2, 0) is 19.2 Å². The molecule has 7 nitrogen and oxygen atoms in total. The van der Waals surface area contributed by atoms with Crippen LogP contribution >= 0.6 is 15.9 Å². The molecule has 2 heterocycles. The number of benzene rings is 2. The zero-order valence-corrected chi connectivity index (χ0v) is 15.8. The number of anilines is 1. The van der Waals surface area contributed by atoms with Crippen molar-refractivity contribution >= 4 is 39.4 Å². The lowest BCUT2D eigenvalue weighted by atomic mass is 9.90. The SMILES string of the molecule is COC(=O)c1ccc([C@H]2[C@@H]3C(=O)NC(=O)[C@@H]3ON2c2ccc(Br)cc2)cc1. The van der Waals surface area contributed by atoms with E-state index in [0.29, 0.717) is 5.56 Å². The van der Waals surface area contributed by atoms with E-state index in [4.69, 9.17) is 9.57 Å². The van der Waals surface area contributed by atoms with Gasteiger partial charge in [0.05, 0.1) is 24.4 Å². The van der Waals surface area contributed by atoms with Crippen LogP contribution < -0.4 is 10.4 Å². The monoisotopic (exact) mass is 430 g/mol. The maximum Gasteiger partial charge on any atom is 0.337 e. The summed E-state index contributed by atoms with van der Waals surface area (Å²) in [6, 6.07) is 13.6. The van der Waals surface area contributed by atoms with Crippen molar-refractivity contribution in [3.05, 3.63) is 64.1 Å². The fraction of sp³-hybridized carbons (Fsp3) is 0.211. The second-order valence-electron chi connectivity index (χ2n) is 6.27. The molecule has 2 aliphatic heterocycles. The highest BCUT2D eigenvalue weighted by Crippen LogP contribution is 2.44. The third-order valence-electron chi connectivity index (χ3n) is 4.71. The molecule has 2 saturated heterocycles. The minimum Gasteiger partial charge on any atom is -0.465 e. The Morgan fingerprint density at radius 1 is 1.07 bits per heavy atom. The summed E-state index contributed by atoms with van der Waals surface area (Å²) in [5.41, 5.74) is 1.87. The summed E-state index contributed by atoms with van der Waals surface area (Å²) in [4.78, 5) is 42.0. The third-order valence-corrected chi connectivity index (χ3v) is 5.24. The normalized spacial score (nSPS) is 23.9. The van der Waals surface area contributed by atoms with Crippen LogP contribution in [0.1, 0.15) is 22.0 Å². The fourth-order valence-electron chi connectivity index (χ4n) is 3.42. The zero-order valence-electron chi connectivity index (χ0n) is 14.2. The van der Waals surface area contributed by atoms with Gasteiger partial charge in [-0.05, 0) is 42.0 Å². The Hall–Kier alpha value is -2.71. The van der Waals surface area contributed by atoms with Gasteiger partial charge in [-0.3, -0.25) is 19.7 Å². The number of methoxy groups -OCH3 is 1. The quantitative estimate of drug-likeness (QED) is 0.594. The summed E-state index contributed by atoms with van der Waals surface area (Å²) in [6.45, 7) is 0. The topological polar surface area (TPSA) is 84.9 Å². The second-order valence-corrected chi connectivity index (χ2v) is 7.18. The van der Waals surface area contributed by atoms with Gasteiger partial charge in [-0.15, -0.1) is 0 Å². The molecular formula is C19H15BrN2O5. The molecule has 2 fully saturated rings. The Labute approximate surface area is 163 Å². The number of nitrogens with zero attached hydrogens (tertiary/aromatic N) is 1. The highest BCUT2D eigenvalue weighted by Gasteiger charge is 2.56. The number of amides is 2. The Morgan fingerprint density at radius 2 is 1.74 bits per heavy atom. The van der Waals surface area contributed by atoms with Crippen LogP contribution in [0.5, 0.6) is 0 Å². The molecule has 2 aliphatic rings. The van der Waals surface area contributed by atoms with Crippen LogP contribution in [0.15, 0.2) is 53.0 Å². The van der Waals surface area contributed by atoms with Gasteiger partial charge in [-0.2, -0.15) is 0 Å². The highest BCUT2D eigenvalue weighted by atomic mass is 79.9. The van der Waals surface area contributed by atoms with Crippen LogP contribution in [0.4, 0.5) is 5.69 Å². The van der Waals surface area contributed by atoms with Crippen LogP contribution in [0.25, 0.3) is 0 Å². The van der Waals surface area contributed by atoms with E-state index in [1.807, 2.05) is 24.3 Å². The predicted molar refractivity (Wildman–Crippen MR) is 98.7 cm³/mol. The van der Waals surface area contributed by atoms with Crippen molar-refractivity contribution in [2.24, 2.45) is 5.92 Å². The van der Waals surface area contributed by atoms with Crippen molar-refractivity contribution in [2.45, 2.75) is 12.1 Å². The summed E-state index contributed by atoms with van der Waals surface area (Å²) in [6.07, 6.45) is -0.883. The van der Waals surface area contributed by atoms with E-state index in [1.54, 1.807) is 29.3 Å². The largest absolute Gasteiger partial charge is 0.465 e. The summed E-state index contributed by atoms with van der Waals surface area (Å²) in [5, 5.41) is 3.92. The van der Waals surface area contributed by atoms with Gasteiger partial charge in [0.25, 0.3) is 5.91 Å². The summed E-state index contributed by atoms with van der Waals surface area (Å²) in [7, 11) is 1.31. The minimum atomic E-state index is -0.883. The molecule has 0 unspecified atom stereocenters. The zero-order chi connectivity index (χ0) is 19.1. The van der Waals surface area contributed by atoms with E-state index in [2.05, 4.69) is 21.2 Å². The number of rotatable bonds is 3. The highest BCUT2D eigenvalue weighted by molar-refractivity contribution is 9.10. The van der Waals surface area contributed by atoms with Gasteiger partial charge < -0.3 is 4.74 Å². The summed E-state index contributed by atoms with van der Waals surface area (Å²) < 4.78 is 5.62. The number of hydroxylamine groups is 1. The Bertz CT molecular complexity index is 913. The fourth-order valence-corrected chi connectivity index (χ4v) is 3.68. The van der Waals surface area contributed by atoms with E-state index < -0.39 is 29.9 Å². The number of hydrogen-bond donors (Lipinski definition) is 1. The molecule has 2 aromatic rings. The van der Waals surface area contributed by atoms with Gasteiger partial charge in [0.15, 0.2) is 6.10 Å². The lowest BCUT2D eigenvalue weighted by molar-refractivity contribution is -0.129. The molecule has 3 atom stereocenters. The molecule has 0 aromatic heterocycles. The standard InChI is InChI=1S/C19H15BrN2O5/c1-26-19(25)11-4-2-10(3-5-11)15-14-16(18(24)21-17(14)23)27-22(15)13-8-6-12(20)7-9-13/h2-9,14-16H,1H3,(H,21,23,24)/t14-,15-,16+/m0/s1. The first-order valence-corrected chi connectivity index (χ1v) is 9.03. The van der Waals surface area contributed by atoms with Gasteiger partial charge in [0.1, 0.15) is 5.92 Å². The predicted octanol–water partition coefficient (Wildman–Crippen LogP) is 2.37. The number of esters is 1. The van der Waals surface area contributed by atoms with E-state index >= 15 is 0 Å². The molecule has 0 radical (unpaired) electrons. The van der Waals surface area contributed by atoms with Gasteiger partial charge in [-0.1, -0.05) is 28.1 Å². The lowest BCUT2D eigenvalue weighted by Crippen LogP contribution is -2.33. The number of halogens is 1. The maximum absolute atomic E-state index is 12.4. The smallest absolute Gasteiger partial charge is 0.337 e. The van der Waals surface area contributed by atoms with Crippen molar-refractivity contribution in [3.8, 4) is 0 Å². The molecule has 0 bridgehead atoms. The molecule has 1 N–H and O–H groups in total. The minimum absolute atomic E-state index is 0.369. The Balaban J connectivity index is 1.75. The van der Waals surface area contributed by atoms with E-state index in [-0.39, 0.29) is 5.91 Å². The second kappa shape index (κ2) is 6.79. The van der Waals surface area contributed by atoms with Crippen molar-refractivity contribution in [2.75, 3.05) is 12.2 Å². The third kappa shape index (κ3) is 3.00. The summed E-state index contributed by atoms with van der Waals surface area (Å²) in [5.74, 6) is -1.93. The molecule has 8 heteroatoms. The molecule has 2 amide bonds. The van der Waals surface area contributed by atoms with Crippen molar-refractivity contribution < 1.29 is 24.0 Å². The van der Waals surface area contributed by atoms with E-state index in [0.717, 1.165) is 15.7 Å². The van der Waals surface area contributed by atoms with Crippen molar-refractivity contribution in [3.63, 3.8) is 0 Å². The van der Waals surface area contributed by atoms with Gasteiger partial charge in [-0.25, -0.2) is 9.86 Å². The molecule has 138 valence electrons. The number of hydrogen-bond acceptors (Lipinski definition) is 6. The number of carbonyl (C=O) groups is 3. The molecule has 27 heavy (non-hydrogen) atoms. The van der Waals surface area contributed by atoms with Crippen LogP contribution in [0, 0.1) is 5.92 Å². The first-order chi connectivity index (χ1) is 13.0. The van der Waals surface area contributed by atoms with Crippen molar-refractivity contribution in [1.29, 1.82) is 0 Å². The molecule has 0 saturated carbocycles. The van der Waals surface area contributed by atoms with Crippen LogP contribution in [-0.4, -0.2) is 31.0 Å². The molecular weight excluding hydrogens is 416 g/mol. The first-order valence-electron chi connectivity index (χ1n) is 8.24. The number of imide groups is 1. The maximum atomic E-state index is 12.4. The Kier molecular flexibility index (Phi) is 4.45. The van der Waals surface area contributed by atoms with Crippen LogP contribution in [0.3, 0.4) is 0 Å². The first kappa shape index (κ1) is 17.7. The number of carbonyl (C=O) groups excluding carboxylic acids is 3. The summed E-state index contributed by atoms with van der Waals surface area (Å²) >= 11 is 3.39. The van der Waals surface area contributed by atoms with Gasteiger partial charge >= 0.3 is 5.97 Å². The number of ether oxygens (including phenoxy) is 1. The Morgan fingerprint density at radius 3 is 2.37 bits per heavy atom. The van der Waals surface area contributed by atoms with Crippen molar-refractivity contribution in [1.82, 2.24) is 5.32 Å². The van der Waals surface area contributed by atoms with E-state index in [9.17, 15) is 14.4 Å².